The average Bonchev–Trinajstić information content (AvgIpc) is 3.10. The van der Waals surface area contributed by atoms with E-state index in [1.54, 1.807) is 0 Å². The van der Waals surface area contributed by atoms with Gasteiger partial charge in [0.2, 0.25) is 0 Å². The molecule has 3 heterocycles. The molecule has 0 radical (unpaired) electrons. The summed E-state index contributed by atoms with van der Waals surface area (Å²) in [6.07, 6.45) is 3.81. The van der Waals surface area contributed by atoms with Gasteiger partial charge in [-0.25, -0.2) is 0 Å². The van der Waals surface area contributed by atoms with Crippen LogP contribution in [0.4, 0.5) is 0 Å². The molecule has 1 N–H and O–H groups in total. The van der Waals surface area contributed by atoms with E-state index < -0.39 is 0 Å². The van der Waals surface area contributed by atoms with E-state index in [1.807, 2.05) is 11.3 Å². The minimum Gasteiger partial charge on any atom is -0.381 e. The van der Waals surface area contributed by atoms with Crippen molar-refractivity contribution in [1.82, 2.24) is 10.2 Å². The second kappa shape index (κ2) is 7.43. The number of rotatable bonds is 5. The zero-order valence-electron chi connectivity index (χ0n) is 14.2. The highest BCUT2D eigenvalue weighted by Gasteiger charge is 2.25. The molecule has 0 spiro atoms. The van der Waals surface area contributed by atoms with E-state index in [-0.39, 0.29) is 0 Å². The molecule has 124 valence electrons. The fourth-order valence-corrected chi connectivity index (χ4v) is 4.92. The van der Waals surface area contributed by atoms with E-state index in [0.29, 0.717) is 12.1 Å². The molecule has 3 rings (SSSR count). The molecule has 2 atom stereocenters. The van der Waals surface area contributed by atoms with Crippen LogP contribution in [0.15, 0.2) is 6.07 Å². The van der Waals surface area contributed by atoms with Crippen LogP contribution >= 0.6 is 11.3 Å². The largest absolute Gasteiger partial charge is 0.381 e. The van der Waals surface area contributed by atoms with Crippen LogP contribution in [0.5, 0.6) is 0 Å². The van der Waals surface area contributed by atoms with Crippen molar-refractivity contribution in [3.63, 3.8) is 0 Å². The van der Waals surface area contributed by atoms with E-state index in [2.05, 4.69) is 37.1 Å². The van der Waals surface area contributed by atoms with Gasteiger partial charge in [-0.3, -0.25) is 0 Å². The second-order valence-electron chi connectivity index (χ2n) is 7.06. The number of nitrogens with one attached hydrogen (secondary N) is 1. The Hall–Kier alpha value is -0.420. The molecular weight excluding hydrogens is 292 g/mol. The van der Waals surface area contributed by atoms with Crippen molar-refractivity contribution >= 4 is 11.3 Å². The molecule has 0 aliphatic carbocycles. The molecule has 0 amide bonds. The fraction of sp³-hybridized carbons (Fsp3) is 0.778. The zero-order valence-corrected chi connectivity index (χ0v) is 15.0. The summed E-state index contributed by atoms with van der Waals surface area (Å²) in [6, 6.07) is 3.50. The lowest BCUT2D eigenvalue weighted by Crippen LogP contribution is -2.44. The van der Waals surface area contributed by atoms with Gasteiger partial charge in [-0.15, -0.1) is 11.3 Å². The Bertz CT molecular complexity index is 473. The van der Waals surface area contributed by atoms with Crippen LogP contribution in [0.1, 0.15) is 47.5 Å². The lowest BCUT2D eigenvalue weighted by Gasteiger charge is -2.35. The number of hydrogen-bond donors (Lipinski definition) is 1. The fourth-order valence-electron chi connectivity index (χ4n) is 3.90. The maximum atomic E-state index is 5.50. The van der Waals surface area contributed by atoms with Gasteiger partial charge in [0.1, 0.15) is 0 Å². The number of piperidine rings is 1. The first-order valence-corrected chi connectivity index (χ1v) is 9.56. The van der Waals surface area contributed by atoms with Crippen LogP contribution in [-0.2, 0) is 4.74 Å². The molecule has 2 fully saturated rings. The summed E-state index contributed by atoms with van der Waals surface area (Å²) in [5.74, 6) is 0.778. The van der Waals surface area contributed by atoms with Gasteiger partial charge in [0.15, 0.2) is 0 Å². The van der Waals surface area contributed by atoms with Crippen LogP contribution in [0.3, 0.4) is 0 Å². The molecule has 0 aromatic carbocycles. The van der Waals surface area contributed by atoms with E-state index in [4.69, 9.17) is 4.74 Å². The first-order valence-electron chi connectivity index (χ1n) is 8.75. The molecule has 2 saturated heterocycles. The Kier molecular flexibility index (Phi) is 5.55. The predicted molar refractivity (Wildman–Crippen MR) is 93.7 cm³/mol. The number of hydrogen-bond acceptors (Lipinski definition) is 4. The first-order chi connectivity index (χ1) is 10.6. The van der Waals surface area contributed by atoms with Gasteiger partial charge in [-0.1, -0.05) is 0 Å². The predicted octanol–water partition coefficient (Wildman–Crippen LogP) is 3.52. The quantitative estimate of drug-likeness (QED) is 0.898. The molecule has 22 heavy (non-hydrogen) atoms. The second-order valence-corrected chi connectivity index (χ2v) is 8.52. The third-order valence-corrected chi connectivity index (χ3v) is 6.14. The third kappa shape index (κ3) is 4.10. The molecule has 0 unspecified atom stereocenters. The first kappa shape index (κ1) is 16.4. The van der Waals surface area contributed by atoms with Crippen LogP contribution in [-0.4, -0.2) is 43.8 Å². The van der Waals surface area contributed by atoms with E-state index in [1.165, 1.54) is 54.2 Å². The number of nitrogens with zero attached hydrogens (tertiary/aromatic N) is 1. The van der Waals surface area contributed by atoms with Crippen LogP contribution in [0, 0.1) is 19.8 Å². The highest BCUT2D eigenvalue weighted by molar-refractivity contribution is 7.12. The minimum atomic E-state index is 0.477. The monoisotopic (exact) mass is 322 g/mol. The number of likely N-dealkylation sites (tertiary alicyclic amines) is 1. The van der Waals surface area contributed by atoms with Gasteiger partial charge in [0.05, 0.1) is 6.61 Å². The maximum Gasteiger partial charge on any atom is 0.0507 e. The lowest BCUT2D eigenvalue weighted by atomic mass is 10.00. The molecule has 1 aromatic heterocycles. The summed E-state index contributed by atoms with van der Waals surface area (Å²) < 4.78 is 5.50. The molecule has 0 saturated carbocycles. The van der Waals surface area contributed by atoms with Crippen molar-refractivity contribution in [1.29, 1.82) is 0 Å². The number of thiophene rings is 1. The standard InChI is InChI=1S/C18H30N2OS/c1-13-10-18(15(3)22-13)14(2)19-17-4-7-20(8-5-17)11-16-6-9-21-12-16/h10,14,16-17,19H,4-9,11-12H2,1-3H3/t14-,16+/m1/s1. The average molecular weight is 323 g/mol. The van der Waals surface area contributed by atoms with Crippen molar-refractivity contribution in [2.75, 3.05) is 32.8 Å². The molecule has 2 aliphatic heterocycles. The lowest BCUT2D eigenvalue weighted by molar-refractivity contribution is 0.145. The molecular formula is C18H30N2OS. The van der Waals surface area contributed by atoms with Crippen LogP contribution in [0.2, 0.25) is 0 Å². The van der Waals surface area contributed by atoms with E-state index in [9.17, 15) is 0 Å². The topological polar surface area (TPSA) is 24.5 Å². The highest BCUT2D eigenvalue weighted by Crippen LogP contribution is 2.27. The van der Waals surface area contributed by atoms with Gasteiger partial charge in [-0.05, 0) is 70.7 Å². The van der Waals surface area contributed by atoms with Crippen molar-refractivity contribution in [2.45, 2.75) is 52.1 Å². The Morgan fingerprint density at radius 1 is 1.32 bits per heavy atom. The molecule has 3 nitrogen and oxygen atoms in total. The third-order valence-electron chi connectivity index (χ3n) is 5.16. The Balaban J connectivity index is 1.44. The molecule has 1 aromatic rings. The zero-order chi connectivity index (χ0) is 15.5. The maximum absolute atomic E-state index is 5.50. The number of ether oxygens (including phenoxy) is 1. The summed E-state index contributed by atoms with van der Waals surface area (Å²) in [4.78, 5) is 5.54. The Labute approximate surface area is 139 Å². The SMILES string of the molecule is Cc1cc([C@@H](C)NC2CCN(C[C@@H]3CCOC3)CC2)c(C)s1. The smallest absolute Gasteiger partial charge is 0.0507 e. The van der Waals surface area contributed by atoms with E-state index in [0.717, 1.165) is 19.1 Å². The Morgan fingerprint density at radius 3 is 2.68 bits per heavy atom. The van der Waals surface area contributed by atoms with Gasteiger partial charge in [-0.2, -0.15) is 0 Å². The van der Waals surface area contributed by atoms with E-state index >= 15 is 0 Å². The number of aryl methyl sites for hydroxylation is 2. The van der Waals surface area contributed by atoms with Gasteiger partial charge < -0.3 is 15.0 Å². The van der Waals surface area contributed by atoms with Crippen LogP contribution in [0.25, 0.3) is 0 Å². The molecule has 2 aliphatic rings. The van der Waals surface area contributed by atoms with Crippen molar-refractivity contribution in [3.05, 3.63) is 21.4 Å². The minimum absolute atomic E-state index is 0.477. The van der Waals surface area contributed by atoms with Gasteiger partial charge in [0, 0.05) is 35.0 Å². The normalized spacial score (nSPS) is 25.7. The summed E-state index contributed by atoms with van der Waals surface area (Å²) in [6.45, 7) is 12.4. The van der Waals surface area contributed by atoms with Gasteiger partial charge >= 0.3 is 0 Å². The Morgan fingerprint density at radius 2 is 2.09 bits per heavy atom. The molecule has 4 heteroatoms. The summed E-state index contributed by atoms with van der Waals surface area (Å²) in [7, 11) is 0. The summed E-state index contributed by atoms with van der Waals surface area (Å²) in [5, 5.41) is 3.86. The van der Waals surface area contributed by atoms with Crippen molar-refractivity contribution in [2.24, 2.45) is 5.92 Å². The van der Waals surface area contributed by atoms with Gasteiger partial charge in [0.25, 0.3) is 0 Å². The molecule has 0 bridgehead atoms. The summed E-state index contributed by atoms with van der Waals surface area (Å²) >= 11 is 1.92. The highest BCUT2D eigenvalue weighted by atomic mass is 32.1. The van der Waals surface area contributed by atoms with Crippen molar-refractivity contribution < 1.29 is 4.74 Å². The van der Waals surface area contributed by atoms with Crippen LogP contribution < -0.4 is 5.32 Å². The summed E-state index contributed by atoms with van der Waals surface area (Å²) in [5.41, 5.74) is 1.49. The van der Waals surface area contributed by atoms with Crippen molar-refractivity contribution in [3.8, 4) is 0 Å².